The summed E-state index contributed by atoms with van der Waals surface area (Å²) in [6, 6.07) is 5.29. The van der Waals surface area contributed by atoms with E-state index in [1.165, 1.54) is 17.7 Å². The van der Waals surface area contributed by atoms with Crippen molar-refractivity contribution < 1.29 is 5.11 Å². The van der Waals surface area contributed by atoms with Gasteiger partial charge in [-0.25, -0.2) is 0 Å². The van der Waals surface area contributed by atoms with Gasteiger partial charge in [-0.2, -0.15) is 0 Å². The molecule has 3 nitrogen and oxygen atoms in total. The zero-order valence-corrected chi connectivity index (χ0v) is 11.2. The summed E-state index contributed by atoms with van der Waals surface area (Å²) in [6.45, 7) is 5.42. The molecule has 0 aromatic carbocycles. The topological polar surface area (TPSA) is 35.5 Å². The summed E-state index contributed by atoms with van der Waals surface area (Å²) >= 11 is 1.80. The molecule has 4 heteroatoms. The first-order valence-electron chi connectivity index (χ1n) is 6.43. The molecule has 0 bridgehead atoms. The van der Waals surface area contributed by atoms with E-state index < -0.39 is 0 Å². The number of thiophene rings is 1. The normalized spacial score (nSPS) is 22.2. The Morgan fingerprint density at radius 1 is 1.65 bits per heavy atom. The third-order valence-corrected chi connectivity index (χ3v) is 4.55. The van der Waals surface area contributed by atoms with Gasteiger partial charge in [-0.05, 0) is 37.8 Å². The maximum Gasteiger partial charge on any atom is 0.0558 e. The molecule has 0 spiro atoms. The molecule has 2 atom stereocenters. The van der Waals surface area contributed by atoms with Crippen LogP contribution in [0.3, 0.4) is 0 Å². The van der Waals surface area contributed by atoms with Crippen molar-refractivity contribution in [3.05, 3.63) is 22.4 Å². The van der Waals surface area contributed by atoms with E-state index in [1.807, 2.05) is 0 Å². The van der Waals surface area contributed by atoms with Crippen LogP contribution in [0.1, 0.15) is 30.7 Å². The standard InChI is InChI=1S/C13H22N2OS/c1-11(13-5-3-9-17-13)15(7-8-16)10-12-4-2-6-14-12/h3,5,9,11-12,14,16H,2,4,6-8,10H2,1H3. The van der Waals surface area contributed by atoms with Crippen LogP contribution in [0, 0.1) is 0 Å². The predicted molar refractivity (Wildman–Crippen MR) is 72.4 cm³/mol. The fourth-order valence-electron chi connectivity index (χ4n) is 2.48. The van der Waals surface area contributed by atoms with Gasteiger partial charge in [-0.15, -0.1) is 11.3 Å². The monoisotopic (exact) mass is 254 g/mol. The van der Waals surface area contributed by atoms with Crippen molar-refractivity contribution in [3.8, 4) is 0 Å². The molecule has 1 saturated heterocycles. The lowest BCUT2D eigenvalue weighted by Gasteiger charge is -2.30. The number of hydrogen-bond donors (Lipinski definition) is 2. The second-order valence-corrected chi connectivity index (χ2v) is 5.68. The van der Waals surface area contributed by atoms with Gasteiger partial charge in [0.25, 0.3) is 0 Å². The van der Waals surface area contributed by atoms with Crippen molar-refractivity contribution in [2.75, 3.05) is 26.2 Å². The summed E-state index contributed by atoms with van der Waals surface area (Å²) in [7, 11) is 0. The first-order chi connectivity index (χ1) is 8.31. The highest BCUT2D eigenvalue weighted by Crippen LogP contribution is 2.25. The molecule has 1 fully saturated rings. The SMILES string of the molecule is CC(c1cccs1)N(CCO)CC1CCCN1. The van der Waals surface area contributed by atoms with E-state index in [-0.39, 0.29) is 6.61 Å². The average molecular weight is 254 g/mol. The van der Waals surface area contributed by atoms with Crippen LogP contribution in [0.15, 0.2) is 17.5 Å². The zero-order valence-electron chi connectivity index (χ0n) is 10.4. The quantitative estimate of drug-likeness (QED) is 0.813. The molecule has 2 rings (SSSR count). The second-order valence-electron chi connectivity index (χ2n) is 4.70. The van der Waals surface area contributed by atoms with E-state index in [1.54, 1.807) is 11.3 Å². The lowest BCUT2D eigenvalue weighted by Crippen LogP contribution is -2.40. The Labute approximate surface area is 107 Å². The Morgan fingerprint density at radius 3 is 3.12 bits per heavy atom. The minimum Gasteiger partial charge on any atom is -0.395 e. The lowest BCUT2D eigenvalue weighted by molar-refractivity contribution is 0.149. The molecular formula is C13H22N2OS. The van der Waals surface area contributed by atoms with Crippen LogP contribution in [0.25, 0.3) is 0 Å². The molecule has 1 aromatic rings. The van der Waals surface area contributed by atoms with Crippen molar-refractivity contribution in [2.24, 2.45) is 0 Å². The molecular weight excluding hydrogens is 232 g/mol. The van der Waals surface area contributed by atoms with Crippen LogP contribution in [0.2, 0.25) is 0 Å². The first-order valence-corrected chi connectivity index (χ1v) is 7.31. The van der Waals surface area contributed by atoms with Crippen LogP contribution >= 0.6 is 11.3 Å². The van der Waals surface area contributed by atoms with Gasteiger partial charge in [0.2, 0.25) is 0 Å². The Bertz CT molecular complexity index is 309. The summed E-state index contributed by atoms with van der Waals surface area (Å²) in [5.74, 6) is 0. The van der Waals surface area contributed by atoms with Gasteiger partial charge >= 0.3 is 0 Å². The molecule has 0 aliphatic carbocycles. The second kappa shape index (κ2) is 6.50. The van der Waals surface area contributed by atoms with Crippen LogP contribution < -0.4 is 5.32 Å². The van der Waals surface area contributed by atoms with E-state index in [9.17, 15) is 5.11 Å². The minimum atomic E-state index is 0.239. The van der Waals surface area contributed by atoms with Crippen molar-refractivity contribution in [3.63, 3.8) is 0 Å². The fraction of sp³-hybridized carbons (Fsp3) is 0.692. The summed E-state index contributed by atoms with van der Waals surface area (Å²) in [4.78, 5) is 3.77. The number of hydrogen-bond acceptors (Lipinski definition) is 4. The summed E-state index contributed by atoms with van der Waals surface area (Å²) in [5.41, 5.74) is 0. The highest BCUT2D eigenvalue weighted by Gasteiger charge is 2.22. The van der Waals surface area contributed by atoms with Gasteiger partial charge in [0, 0.05) is 30.1 Å². The van der Waals surface area contributed by atoms with Crippen molar-refractivity contribution in [1.29, 1.82) is 0 Å². The summed E-state index contributed by atoms with van der Waals surface area (Å²) < 4.78 is 0. The molecule has 96 valence electrons. The molecule has 0 saturated carbocycles. The molecule has 0 amide bonds. The average Bonchev–Trinajstić information content (AvgIpc) is 3.00. The minimum absolute atomic E-state index is 0.239. The van der Waals surface area contributed by atoms with Crippen LogP contribution in [-0.4, -0.2) is 42.3 Å². The third kappa shape index (κ3) is 3.52. The molecule has 2 N–H and O–H groups in total. The Morgan fingerprint density at radius 2 is 2.53 bits per heavy atom. The van der Waals surface area contributed by atoms with Gasteiger partial charge in [0.15, 0.2) is 0 Å². The van der Waals surface area contributed by atoms with E-state index in [0.717, 1.165) is 19.6 Å². The summed E-state index contributed by atoms with van der Waals surface area (Å²) in [6.07, 6.45) is 2.55. The van der Waals surface area contributed by atoms with Crippen molar-refractivity contribution >= 4 is 11.3 Å². The fourth-order valence-corrected chi connectivity index (χ4v) is 3.29. The van der Waals surface area contributed by atoms with Crippen LogP contribution in [-0.2, 0) is 0 Å². The summed E-state index contributed by atoms with van der Waals surface area (Å²) in [5, 5.41) is 14.8. The number of aliphatic hydroxyl groups excluding tert-OH is 1. The molecule has 1 aromatic heterocycles. The molecule has 2 heterocycles. The third-order valence-electron chi connectivity index (χ3n) is 3.51. The lowest BCUT2D eigenvalue weighted by atomic mass is 10.1. The molecule has 2 unspecified atom stereocenters. The van der Waals surface area contributed by atoms with Gasteiger partial charge in [0.05, 0.1) is 6.61 Å². The van der Waals surface area contributed by atoms with Crippen molar-refractivity contribution in [1.82, 2.24) is 10.2 Å². The molecule has 1 aliphatic heterocycles. The van der Waals surface area contributed by atoms with Gasteiger partial charge in [0.1, 0.15) is 0 Å². The maximum atomic E-state index is 9.20. The smallest absolute Gasteiger partial charge is 0.0558 e. The number of aliphatic hydroxyl groups is 1. The molecule has 0 radical (unpaired) electrons. The number of nitrogens with zero attached hydrogens (tertiary/aromatic N) is 1. The van der Waals surface area contributed by atoms with Gasteiger partial charge in [-0.3, -0.25) is 4.90 Å². The van der Waals surface area contributed by atoms with Crippen LogP contribution in [0.4, 0.5) is 0 Å². The highest BCUT2D eigenvalue weighted by atomic mass is 32.1. The maximum absolute atomic E-state index is 9.20. The Hall–Kier alpha value is -0.420. The van der Waals surface area contributed by atoms with E-state index >= 15 is 0 Å². The van der Waals surface area contributed by atoms with E-state index in [0.29, 0.717) is 12.1 Å². The largest absolute Gasteiger partial charge is 0.395 e. The van der Waals surface area contributed by atoms with Gasteiger partial charge in [-0.1, -0.05) is 6.07 Å². The molecule has 17 heavy (non-hydrogen) atoms. The predicted octanol–water partition coefficient (Wildman–Crippen LogP) is 1.86. The molecule has 1 aliphatic rings. The number of rotatable bonds is 6. The van der Waals surface area contributed by atoms with E-state index in [2.05, 4.69) is 34.7 Å². The zero-order chi connectivity index (χ0) is 12.1. The Kier molecular flexibility index (Phi) is 4.98. The van der Waals surface area contributed by atoms with Crippen molar-refractivity contribution in [2.45, 2.75) is 31.8 Å². The Balaban J connectivity index is 1.95. The van der Waals surface area contributed by atoms with Gasteiger partial charge < -0.3 is 10.4 Å². The van der Waals surface area contributed by atoms with E-state index in [4.69, 9.17) is 0 Å². The van der Waals surface area contributed by atoms with Crippen LogP contribution in [0.5, 0.6) is 0 Å². The highest BCUT2D eigenvalue weighted by molar-refractivity contribution is 7.10. The number of nitrogens with one attached hydrogen (secondary N) is 1. The first kappa shape index (κ1) is 13.0.